The van der Waals surface area contributed by atoms with Crippen LogP contribution in [0.15, 0.2) is 0 Å². The molecule has 0 spiro atoms. The smallest absolute Gasteiger partial charge is 0.0428 e. The second kappa shape index (κ2) is 10.4. The Kier molecular flexibility index (Phi) is 10.4. The molecule has 2 unspecified atom stereocenters. The number of aliphatic hydroxyl groups excluding tert-OH is 1. The largest absolute Gasteiger partial charge is 0.396 e. The summed E-state index contributed by atoms with van der Waals surface area (Å²) < 4.78 is 0. The third kappa shape index (κ3) is 6.91. The Bertz CT molecular complexity index is 124. The van der Waals surface area contributed by atoms with Crippen molar-refractivity contribution in [2.75, 3.05) is 13.7 Å². The van der Waals surface area contributed by atoms with E-state index >= 15 is 0 Å². The number of hydrogen-bond donors (Lipinski definition) is 2. The highest BCUT2D eigenvalue weighted by Gasteiger charge is 2.22. The highest BCUT2D eigenvalue weighted by atomic mass is 16.2. The Morgan fingerprint density at radius 1 is 1.13 bits per heavy atom. The molecular weight excluding hydrogens is 186 g/mol. The van der Waals surface area contributed by atoms with Crippen molar-refractivity contribution in [3.05, 3.63) is 0 Å². The van der Waals surface area contributed by atoms with Gasteiger partial charge in [0.1, 0.15) is 0 Å². The molecule has 0 radical (unpaired) electrons. The van der Waals surface area contributed by atoms with Crippen molar-refractivity contribution in [1.29, 1.82) is 0 Å². The van der Waals surface area contributed by atoms with Gasteiger partial charge in [0.25, 0.3) is 0 Å². The van der Waals surface area contributed by atoms with Crippen LogP contribution in [0.1, 0.15) is 58.8 Å². The summed E-state index contributed by atoms with van der Waals surface area (Å²) in [5.74, 6) is 0.971. The van der Waals surface area contributed by atoms with Gasteiger partial charge in [0.05, 0.1) is 0 Å². The molecule has 2 nitrogen and oxygen atoms in total. The van der Waals surface area contributed by atoms with Crippen LogP contribution in [-0.2, 0) is 0 Å². The van der Waals surface area contributed by atoms with E-state index in [9.17, 15) is 0 Å². The number of nitrogens with one attached hydrogen (secondary N) is 1. The molecule has 1 saturated carbocycles. The molecule has 0 aromatic carbocycles. The fraction of sp³-hybridized carbons (Fsp3) is 1.00. The van der Waals surface area contributed by atoms with Crippen molar-refractivity contribution < 1.29 is 5.11 Å². The zero-order valence-electron chi connectivity index (χ0n) is 10.8. The lowest BCUT2D eigenvalue weighted by Crippen LogP contribution is -2.35. The highest BCUT2D eigenvalue weighted by Crippen LogP contribution is 2.27. The summed E-state index contributed by atoms with van der Waals surface area (Å²) in [4.78, 5) is 0. The lowest BCUT2D eigenvalue weighted by atomic mass is 9.82. The van der Waals surface area contributed by atoms with E-state index in [1.807, 2.05) is 6.92 Å². The minimum Gasteiger partial charge on any atom is -0.396 e. The van der Waals surface area contributed by atoms with Crippen LogP contribution in [0.4, 0.5) is 0 Å². The Hall–Kier alpha value is -0.0800. The van der Waals surface area contributed by atoms with Gasteiger partial charge < -0.3 is 10.4 Å². The zero-order valence-corrected chi connectivity index (χ0v) is 10.8. The Balaban J connectivity index is 0.000000423. The monoisotopic (exact) mass is 215 g/mol. The molecule has 2 heteroatoms. The van der Waals surface area contributed by atoms with Crippen LogP contribution < -0.4 is 5.32 Å². The Morgan fingerprint density at radius 3 is 2.20 bits per heavy atom. The molecule has 0 aromatic heterocycles. The average Bonchev–Trinajstić information content (AvgIpc) is 2.30. The lowest BCUT2D eigenvalue weighted by molar-refractivity contribution is 0.258. The summed E-state index contributed by atoms with van der Waals surface area (Å²) in [5.41, 5.74) is 0. The van der Waals surface area contributed by atoms with Crippen molar-refractivity contribution in [3.8, 4) is 0 Å². The number of rotatable bonds is 4. The topological polar surface area (TPSA) is 32.3 Å². The van der Waals surface area contributed by atoms with Gasteiger partial charge in [-0.25, -0.2) is 0 Å². The fourth-order valence-corrected chi connectivity index (χ4v) is 2.30. The van der Waals surface area contributed by atoms with E-state index in [1.165, 1.54) is 38.5 Å². The van der Waals surface area contributed by atoms with Gasteiger partial charge in [-0.1, -0.05) is 33.1 Å². The molecule has 92 valence electrons. The van der Waals surface area contributed by atoms with Crippen LogP contribution in [0.2, 0.25) is 0 Å². The lowest BCUT2D eigenvalue weighted by Gasteiger charge is -2.31. The van der Waals surface area contributed by atoms with Crippen molar-refractivity contribution in [2.24, 2.45) is 5.92 Å². The van der Waals surface area contributed by atoms with Crippen molar-refractivity contribution >= 4 is 0 Å². The highest BCUT2D eigenvalue weighted by molar-refractivity contribution is 4.79. The van der Waals surface area contributed by atoms with E-state index in [-0.39, 0.29) is 0 Å². The third-order valence-corrected chi connectivity index (χ3v) is 3.16. The predicted molar refractivity (Wildman–Crippen MR) is 67.1 cm³/mol. The predicted octanol–water partition coefficient (Wildman–Crippen LogP) is 2.95. The quantitative estimate of drug-likeness (QED) is 0.755. The summed E-state index contributed by atoms with van der Waals surface area (Å²) in [7, 11) is 2.11. The van der Waals surface area contributed by atoms with Gasteiger partial charge in [-0.15, -0.1) is 0 Å². The molecule has 15 heavy (non-hydrogen) atoms. The summed E-state index contributed by atoms with van der Waals surface area (Å²) in [6.07, 6.45) is 9.41. The summed E-state index contributed by atoms with van der Waals surface area (Å²) in [6, 6.07) is 0.823. The van der Waals surface area contributed by atoms with E-state index in [4.69, 9.17) is 5.11 Å². The molecule has 1 aliphatic carbocycles. The molecule has 1 rings (SSSR count). The van der Waals surface area contributed by atoms with Crippen LogP contribution >= 0.6 is 0 Å². The molecule has 0 aromatic rings. The normalized spacial score (nSPS) is 25.6. The minimum absolute atomic E-state index is 0.319. The second-order valence-electron chi connectivity index (χ2n) is 4.45. The van der Waals surface area contributed by atoms with E-state index in [1.54, 1.807) is 0 Å². The molecule has 0 amide bonds. The van der Waals surface area contributed by atoms with Crippen molar-refractivity contribution in [1.82, 2.24) is 5.32 Å². The van der Waals surface area contributed by atoms with E-state index < -0.39 is 0 Å². The van der Waals surface area contributed by atoms with Crippen molar-refractivity contribution in [2.45, 2.75) is 64.8 Å². The molecular formula is C13H29NO. The summed E-state index contributed by atoms with van der Waals surface area (Å²) in [6.45, 7) is 4.54. The first-order chi connectivity index (χ1) is 7.29. The maximum absolute atomic E-state index is 7.88. The zero-order chi connectivity index (χ0) is 11.5. The van der Waals surface area contributed by atoms with E-state index in [2.05, 4.69) is 19.3 Å². The fourth-order valence-electron chi connectivity index (χ4n) is 2.30. The van der Waals surface area contributed by atoms with Gasteiger partial charge in [-0.2, -0.15) is 0 Å². The molecule has 1 aliphatic rings. The number of hydrogen-bond acceptors (Lipinski definition) is 2. The van der Waals surface area contributed by atoms with Crippen LogP contribution in [-0.4, -0.2) is 24.8 Å². The van der Waals surface area contributed by atoms with Gasteiger partial charge in [0.2, 0.25) is 0 Å². The van der Waals surface area contributed by atoms with Crippen LogP contribution in [0, 0.1) is 5.92 Å². The SMILES string of the molecule is CCCC1CCCCC1NC.CCCO. The van der Waals surface area contributed by atoms with Gasteiger partial charge in [0.15, 0.2) is 0 Å². The summed E-state index contributed by atoms with van der Waals surface area (Å²) in [5, 5.41) is 11.3. The Labute approximate surface area is 95.5 Å². The first kappa shape index (κ1) is 14.9. The standard InChI is InChI=1S/C10H21N.C3H8O/c1-3-6-9-7-4-5-8-10(9)11-2;1-2-3-4/h9-11H,3-8H2,1-2H3;4H,2-3H2,1H3. The first-order valence-electron chi connectivity index (χ1n) is 6.58. The molecule has 0 saturated heterocycles. The molecule has 0 aliphatic heterocycles. The number of aliphatic hydroxyl groups is 1. The van der Waals surface area contributed by atoms with E-state index in [0.717, 1.165) is 18.4 Å². The third-order valence-electron chi connectivity index (χ3n) is 3.16. The first-order valence-corrected chi connectivity index (χ1v) is 6.58. The van der Waals surface area contributed by atoms with Gasteiger partial charge in [-0.05, 0) is 38.6 Å². The molecule has 2 atom stereocenters. The maximum Gasteiger partial charge on any atom is 0.0428 e. The molecule has 2 N–H and O–H groups in total. The average molecular weight is 215 g/mol. The minimum atomic E-state index is 0.319. The molecule has 1 fully saturated rings. The molecule has 0 bridgehead atoms. The van der Waals surface area contributed by atoms with Crippen LogP contribution in [0.5, 0.6) is 0 Å². The van der Waals surface area contributed by atoms with Gasteiger partial charge in [-0.3, -0.25) is 0 Å². The van der Waals surface area contributed by atoms with Crippen molar-refractivity contribution in [3.63, 3.8) is 0 Å². The Morgan fingerprint density at radius 2 is 1.73 bits per heavy atom. The van der Waals surface area contributed by atoms with Crippen LogP contribution in [0.25, 0.3) is 0 Å². The maximum atomic E-state index is 7.88. The van der Waals surface area contributed by atoms with E-state index in [0.29, 0.717) is 6.61 Å². The molecule has 0 heterocycles. The van der Waals surface area contributed by atoms with Gasteiger partial charge >= 0.3 is 0 Å². The van der Waals surface area contributed by atoms with Crippen LogP contribution in [0.3, 0.4) is 0 Å². The van der Waals surface area contributed by atoms with Gasteiger partial charge in [0, 0.05) is 12.6 Å². The summed E-state index contributed by atoms with van der Waals surface area (Å²) >= 11 is 0. The second-order valence-corrected chi connectivity index (χ2v) is 4.45.